The zero-order valence-electron chi connectivity index (χ0n) is 9.17. The Hall–Kier alpha value is -0.740. The van der Waals surface area contributed by atoms with Gasteiger partial charge < -0.3 is 10.6 Å². The minimum Gasteiger partial charge on any atom is -0.369 e. The van der Waals surface area contributed by atoms with E-state index < -0.39 is 0 Å². The molecular weight excluding hydrogens is 289 g/mol. The third-order valence-corrected chi connectivity index (χ3v) is 3.84. The lowest BCUT2D eigenvalue weighted by molar-refractivity contribution is 0.557. The summed E-state index contributed by atoms with van der Waals surface area (Å²) in [6.07, 6.45) is 0. The normalized spacial score (nSPS) is 18.8. The SMILES string of the molecule is CC1(C)CN=C(N)N1c1ccc(Cl)c(Br)c1. The summed E-state index contributed by atoms with van der Waals surface area (Å²) in [5.74, 6) is 0.555. The summed E-state index contributed by atoms with van der Waals surface area (Å²) >= 11 is 9.38. The summed E-state index contributed by atoms with van der Waals surface area (Å²) in [5, 5.41) is 0.691. The minimum atomic E-state index is -0.0860. The van der Waals surface area contributed by atoms with Gasteiger partial charge in [-0.3, -0.25) is 4.99 Å². The lowest BCUT2D eigenvalue weighted by Gasteiger charge is -2.32. The molecule has 5 heteroatoms. The van der Waals surface area contributed by atoms with Crippen molar-refractivity contribution in [2.45, 2.75) is 19.4 Å². The molecule has 0 unspecified atom stereocenters. The van der Waals surface area contributed by atoms with Crippen molar-refractivity contribution in [1.29, 1.82) is 0 Å². The number of hydrogen-bond donors (Lipinski definition) is 1. The number of nitrogens with zero attached hydrogens (tertiary/aromatic N) is 2. The summed E-state index contributed by atoms with van der Waals surface area (Å²) in [6, 6.07) is 5.75. The van der Waals surface area contributed by atoms with Crippen LogP contribution in [0, 0.1) is 0 Å². The van der Waals surface area contributed by atoms with Crippen molar-refractivity contribution >= 4 is 39.2 Å². The predicted molar refractivity (Wildman–Crippen MR) is 72.2 cm³/mol. The molecule has 1 heterocycles. The number of anilines is 1. The maximum Gasteiger partial charge on any atom is 0.196 e. The first kappa shape index (κ1) is 11.7. The van der Waals surface area contributed by atoms with Gasteiger partial charge in [-0.2, -0.15) is 0 Å². The van der Waals surface area contributed by atoms with Gasteiger partial charge in [-0.05, 0) is 48.0 Å². The first-order valence-corrected chi connectivity index (χ1v) is 6.14. The van der Waals surface area contributed by atoms with Gasteiger partial charge in [0.25, 0.3) is 0 Å². The van der Waals surface area contributed by atoms with Gasteiger partial charge in [0.1, 0.15) is 0 Å². The van der Waals surface area contributed by atoms with E-state index in [4.69, 9.17) is 17.3 Å². The van der Waals surface area contributed by atoms with Crippen LogP contribution in [0.5, 0.6) is 0 Å². The van der Waals surface area contributed by atoms with E-state index in [9.17, 15) is 0 Å². The van der Waals surface area contributed by atoms with Crippen LogP contribution in [0.2, 0.25) is 5.02 Å². The van der Waals surface area contributed by atoms with Crippen LogP contribution < -0.4 is 10.6 Å². The van der Waals surface area contributed by atoms with E-state index >= 15 is 0 Å². The molecule has 0 amide bonds. The molecule has 2 rings (SSSR count). The van der Waals surface area contributed by atoms with Crippen LogP contribution in [-0.4, -0.2) is 18.0 Å². The van der Waals surface area contributed by atoms with E-state index in [1.165, 1.54) is 0 Å². The molecule has 1 aliphatic rings. The first-order valence-electron chi connectivity index (χ1n) is 4.97. The smallest absolute Gasteiger partial charge is 0.196 e. The second-order valence-corrected chi connectivity index (χ2v) is 5.68. The third kappa shape index (κ3) is 1.92. The Kier molecular flexibility index (Phi) is 2.88. The monoisotopic (exact) mass is 301 g/mol. The standard InChI is InChI=1S/C11H13BrClN3/c1-11(2)6-15-10(14)16(11)7-3-4-9(13)8(12)5-7/h3-5H,6H2,1-2H3,(H2,14,15). The maximum absolute atomic E-state index is 5.97. The fourth-order valence-electron chi connectivity index (χ4n) is 1.83. The highest BCUT2D eigenvalue weighted by Gasteiger charge is 2.34. The molecule has 0 saturated heterocycles. The fraction of sp³-hybridized carbons (Fsp3) is 0.364. The molecule has 1 aromatic carbocycles. The summed E-state index contributed by atoms with van der Waals surface area (Å²) in [6.45, 7) is 4.93. The highest BCUT2D eigenvalue weighted by Crippen LogP contribution is 2.32. The molecule has 2 N–H and O–H groups in total. The number of benzene rings is 1. The molecule has 0 fully saturated rings. The number of halogens is 2. The lowest BCUT2D eigenvalue weighted by Crippen LogP contribution is -2.47. The van der Waals surface area contributed by atoms with Crippen molar-refractivity contribution in [3.63, 3.8) is 0 Å². The second kappa shape index (κ2) is 3.93. The van der Waals surface area contributed by atoms with E-state index in [0.717, 1.165) is 10.2 Å². The molecule has 0 atom stereocenters. The van der Waals surface area contributed by atoms with Crippen molar-refractivity contribution < 1.29 is 0 Å². The lowest BCUT2D eigenvalue weighted by atomic mass is 10.0. The van der Waals surface area contributed by atoms with Gasteiger partial charge >= 0.3 is 0 Å². The van der Waals surface area contributed by atoms with E-state index in [1.54, 1.807) is 0 Å². The molecule has 0 spiro atoms. The molecular formula is C11H13BrClN3. The van der Waals surface area contributed by atoms with Crippen molar-refractivity contribution in [2.24, 2.45) is 10.7 Å². The molecule has 0 bridgehead atoms. The van der Waals surface area contributed by atoms with Gasteiger partial charge in [0.05, 0.1) is 17.1 Å². The van der Waals surface area contributed by atoms with Crippen LogP contribution in [0.4, 0.5) is 5.69 Å². The van der Waals surface area contributed by atoms with E-state index in [2.05, 4.69) is 34.8 Å². The molecule has 0 aliphatic carbocycles. The van der Waals surface area contributed by atoms with Crippen molar-refractivity contribution in [1.82, 2.24) is 0 Å². The van der Waals surface area contributed by atoms with Crippen molar-refractivity contribution in [3.05, 3.63) is 27.7 Å². The maximum atomic E-state index is 5.97. The number of aliphatic imine (C=N–C) groups is 1. The van der Waals surface area contributed by atoms with Gasteiger partial charge in [0, 0.05) is 10.2 Å². The van der Waals surface area contributed by atoms with Crippen molar-refractivity contribution in [3.8, 4) is 0 Å². The van der Waals surface area contributed by atoms with Gasteiger partial charge in [-0.25, -0.2) is 0 Å². The van der Waals surface area contributed by atoms with Crippen molar-refractivity contribution in [2.75, 3.05) is 11.4 Å². The Balaban J connectivity index is 2.44. The van der Waals surface area contributed by atoms with Crippen LogP contribution in [0.15, 0.2) is 27.7 Å². The third-order valence-electron chi connectivity index (χ3n) is 2.62. The van der Waals surface area contributed by atoms with Gasteiger partial charge in [0.2, 0.25) is 0 Å². The zero-order valence-corrected chi connectivity index (χ0v) is 11.5. The molecule has 1 aromatic rings. The predicted octanol–water partition coefficient (Wildman–Crippen LogP) is 3.02. The Morgan fingerprint density at radius 3 is 2.69 bits per heavy atom. The Labute approximate surface area is 108 Å². The van der Waals surface area contributed by atoms with Crippen LogP contribution >= 0.6 is 27.5 Å². The molecule has 0 aromatic heterocycles. The Bertz CT molecular complexity index is 457. The number of rotatable bonds is 1. The number of nitrogens with two attached hydrogens (primary N) is 1. The summed E-state index contributed by atoms with van der Waals surface area (Å²) < 4.78 is 0.863. The Morgan fingerprint density at radius 2 is 2.19 bits per heavy atom. The summed E-state index contributed by atoms with van der Waals surface area (Å²) in [4.78, 5) is 6.29. The van der Waals surface area contributed by atoms with E-state index in [0.29, 0.717) is 17.5 Å². The molecule has 16 heavy (non-hydrogen) atoms. The topological polar surface area (TPSA) is 41.6 Å². The van der Waals surface area contributed by atoms with Crippen LogP contribution in [0.25, 0.3) is 0 Å². The van der Waals surface area contributed by atoms with E-state index in [-0.39, 0.29) is 5.54 Å². The number of guanidine groups is 1. The van der Waals surface area contributed by atoms with Gasteiger partial charge in [-0.1, -0.05) is 11.6 Å². The molecule has 0 radical (unpaired) electrons. The highest BCUT2D eigenvalue weighted by molar-refractivity contribution is 9.10. The average molecular weight is 303 g/mol. The quantitative estimate of drug-likeness (QED) is 0.866. The van der Waals surface area contributed by atoms with Crippen LogP contribution in [-0.2, 0) is 0 Å². The summed E-state index contributed by atoms with van der Waals surface area (Å²) in [7, 11) is 0. The largest absolute Gasteiger partial charge is 0.369 e. The molecule has 3 nitrogen and oxygen atoms in total. The van der Waals surface area contributed by atoms with Gasteiger partial charge in [-0.15, -0.1) is 0 Å². The average Bonchev–Trinajstić information content (AvgIpc) is 2.46. The highest BCUT2D eigenvalue weighted by atomic mass is 79.9. The minimum absolute atomic E-state index is 0.0860. The fourth-order valence-corrected chi connectivity index (χ4v) is 2.32. The molecule has 86 valence electrons. The Morgan fingerprint density at radius 1 is 1.50 bits per heavy atom. The van der Waals surface area contributed by atoms with E-state index in [1.807, 2.05) is 23.1 Å². The second-order valence-electron chi connectivity index (χ2n) is 4.42. The van der Waals surface area contributed by atoms with Crippen LogP contribution in [0.1, 0.15) is 13.8 Å². The zero-order chi connectivity index (χ0) is 11.9. The van der Waals surface area contributed by atoms with Crippen LogP contribution in [0.3, 0.4) is 0 Å². The number of hydrogen-bond acceptors (Lipinski definition) is 3. The molecule has 1 aliphatic heterocycles. The first-order chi connectivity index (χ1) is 7.42. The summed E-state index contributed by atoms with van der Waals surface area (Å²) in [5.41, 5.74) is 6.82. The van der Waals surface area contributed by atoms with Gasteiger partial charge in [0.15, 0.2) is 5.96 Å². The molecule has 0 saturated carbocycles.